The molecule has 3 nitrogen and oxygen atoms in total. The van der Waals surface area contributed by atoms with Crippen LogP contribution in [0.1, 0.15) is 58.3 Å². The van der Waals surface area contributed by atoms with Gasteiger partial charge in [-0.2, -0.15) is 11.8 Å². The maximum absolute atomic E-state index is 11.1. The van der Waals surface area contributed by atoms with Gasteiger partial charge in [-0.25, -0.2) is 0 Å². The summed E-state index contributed by atoms with van der Waals surface area (Å²) in [6, 6.07) is 0.730. The third-order valence-corrected chi connectivity index (χ3v) is 4.94. The Hall–Kier alpha value is -0.220. The molecule has 0 aromatic rings. The van der Waals surface area contributed by atoms with Crippen molar-refractivity contribution in [1.82, 2.24) is 5.32 Å². The first kappa shape index (κ1) is 16.8. The third-order valence-electron chi connectivity index (χ3n) is 3.80. The zero-order valence-electron chi connectivity index (χ0n) is 12.5. The van der Waals surface area contributed by atoms with Crippen molar-refractivity contribution in [2.75, 3.05) is 19.4 Å². The molecule has 1 aliphatic carbocycles. The molecule has 0 aromatic carbocycles. The normalized spacial score (nSPS) is 23.3. The summed E-state index contributed by atoms with van der Waals surface area (Å²) in [4.78, 5) is 11.1. The minimum Gasteiger partial charge on any atom is -0.466 e. The number of hydrogen-bond donors (Lipinski definition) is 1. The van der Waals surface area contributed by atoms with Gasteiger partial charge in [-0.1, -0.05) is 6.42 Å². The fourth-order valence-electron chi connectivity index (χ4n) is 2.61. The van der Waals surface area contributed by atoms with Crippen molar-refractivity contribution in [3.8, 4) is 0 Å². The van der Waals surface area contributed by atoms with Crippen LogP contribution < -0.4 is 5.32 Å². The predicted molar refractivity (Wildman–Crippen MR) is 82.7 cm³/mol. The maximum atomic E-state index is 11.1. The van der Waals surface area contributed by atoms with Gasteiger partial charge in [0.25, 0.3) is 0 Å². The quantitative estimate of drug-likeness (QED) is 0.521. The second-order valence-electron chi connectivity index (χ2n) is 5.28. The van der Waals surface area contributed by atoms with Crippen LogP contribution in [0.2, 0.25) is 0 Å². The lowest BCUT2D eigenvalue weighted by Gasteiger charge is -2.28. The van der Waals surface area contributed by atoms with Crippen LogP contribution in [-0.4, -0.2) is 36.7 Å². The third kappa shape index (κ3) is 7.83. The minimum absolute atomic E-state index is 0.0501. The second-order valence-corrected chi connectivity index (χ2v) is 6.42. The number of carbonyl (C=O) groups excluding carboxylic acids is 1. The number of ether oxygens (including phenoxy) is 1. The highest BCUT2D eigenvalue weighted by molar-refractivity contribution is 7.99. The first-order valence-corrected chi connectivity index (χ1v) is 8.96. The molecule has 0 atom stereocenters. The number of unbranched alkanes of at least 4 members (excludes halogenated alkanes) is 2. The Bertz CT molecular complexity index is 240. The Labute approximate surface area is 122 Å². The molecule has 112 valence electrons. The monoisotopic (exact) mass is 287 g/mol. The molecule has 1 N–H and O–H groups in total. The Morgan fingerprint density at radius 3 is 2.58 bits per heavy atom. The van der Waals surface area contributed by atoms with Crippen molar-refractivity contribution in [2.24, 2.45) is 0 Å². The van der Waals surface area contributed by atoms with Crippen LogP contribution in [-0.2, 0) is 9.53 Å². The molecule has 1 saturated carbocycles. The highest BCUT2D eigenvalue weighted by Crippen LogP contribution is 2.26. The highest BCUT2D eigenvalue weighted by atomic mass is 32.2. The molecule has 0 spiro atoms. The standard InChI is InChI=1S/C15H29NO2S/c1-3-18-15(17)7-5-4-6-12-16-13-8-10-14(19-2)11-9-13/h13-14,16H,3-12H2,1-2H3. The van der Waals surface area contributed by atoms with Crippen LogP contribution in [0, 0.1) is 0 Å². The fourth-order valence-corrected chi connectivity index (χ4v) is 3.36. The molecule has 0 aromatic heterocycles. The van der Waals surface area contributed by atoms with Crippen molar-refractivity contribution in [1.29, 1.82) is 0 Å². The van der Waals surface area contributed by atoms with Gasteiger partial charge in [-0.3, -0.25) is 4.79 Å². The molecule has 0 radical (unpaired) electrons. The number of hydrogen-bond acceptors (Lipinski definition) is 4. The number of thioether (sulfide) groups is 1. The van der Waals surface area contributed by atoms with Crippen molar-refractivity contribution < 1.29 is 9.53 Å². The molecule has 1 fully saturated rings. The maximum Gasteiger partial charge on any atom is 0.305 e. The van der Waals surface area contributed by atoms with E-state index in [9.17, 15) is 4.79 Å². The Morgan fingerprint density at radius 2 is 1.95 bits per heavy atom. The molecule has 19 heavy (non-hydrogen) atoms. The van der Waals surface area contributed by atoms with Crippen LogP contribution >= 0.6 is 11.8 Å². The van der Waals surface area contributed by atoms with Crippen LogP contribution in [0.5, 0.6) is 0 Å². The van der Waals surface area contributed by atoms with Crippen LogP contribution in [0.4, 0.5) is 0 Å². The van der Waals surface area contributed by atoms with E-state index in [0.29, 0.717) is 13.0 Å². The number of esters is 1. The molecule has 0 unspecified atom stereocenters. The van der Waals surface area contributed by atoms with E-state index in [-0.39, 0.29) is 5.97 Å². The SMILES string of the molecule is CCOC(=O)CCCCCNC1CCC(SC)CC1. The molecule has 0 saturated heterocycles. The number of nitrogens with one attached hydrogen (secondary N) is 1. The van der Waals surface area contributed by atoms with Crippen molar-refractivity contribution in [3.63, 3.8) is 0 Å². The van der Waals surface area contributed by atoms with E-state index >= 15 is 0 Å². The Balaban J connectivity index is 1.90. The highest BCUT2D eigenvalue weighted by Gasteiger charge is 2.19. The van der Waals surface area contributed by atoms with Gasteiger partial charge in [-0.15, -0.1) is 0 Å². The Kier molecular flexibility index (Phi) is 9.35. The molecular weight excluding hydrogens is 258 g/mol. The average molecular weight is 287 g/mol. The largest absolute Gasteiger partial charge is 0.466 e. The molecule has 1 rings (SSSR count). The van der Waals surface area contributed by atoms with E-state index in [1.807, 2.05) is 18.7 Å². The van der Waals surface area contributed by atoms with Crippen molar-refractivity contribution in [3.05, 3.63) is 0 Å². The number of carbonyl (C=O) groups is 1. The summed E-state index contributed by atoms with van der Waals surface area (Å²) in [5.41, 5.74) is 0. The van der Waals surface area contributed by atoms with E-state index in [4.69, 9.17) is 4.74 Å². The van der Waals surface area contributed by atoms with Gasteiger partial charge in [0.1, 0.15) is 0 Å². The van der Waals surface area contributed by atoms with Crippen molar-refractivity contribution >= 4 is 17.7 Å². The minimum atomic E-state index is -0.0501. The molecule has 0 bridgehead atoms. The average Bonchev–Trinajstić information content (AvgIpc) is 2.43. The smallest absolute Gasteiger partial charge is 0.305 e. The lowest BCUT2D eigenvalue weighted by Crippen LogP contribution is -2.34. The van der Waals surface area contributed by atoms with Gasteiger partial charge in [0.2, 0.25) is 0 Å². The lowest BCUT2D eigenvalue weighted by atomic mass is 9.95. The molecule has 1 aliphatic rings. The first-order chi connectivity index (χ1) is 9.26. The summed E-state index contributed by atoms with van der Waals surface area (Å²) in [6.45, 7) is 3.45. The fraction of sp³-hybridized carbons (Fsp3) is 0.933. The van der Waals surface area contributed by atoms with Crippen LogP contribution in [0.3, 0.4) is 0 Å². The predicted octanol–water partition coefficient (Wildman–Crippen LogP) is 3.37. The van der Waals surface area contributed by atoms with Gasteiger partial charge in [0.05, 0.1) is 6.61 Å². The molecule has 0 aliphatic heterocycles. The summed E-state index contributed by atoms with van der Waals surface area (Å²) < 4.78 is 4.91. The molecule has 4 heteroatoms. The van der Waals surface area contributed by atoms with Gasteiger partial charge >= 0.3 is 5.97 Å². The van der Waals surface area contributed by atoms with Crippen LogP contribution in [0.15, 0.2) is 0 Å². The summed E-state index contributed by atoms with van der Waals surface area (Å²) in [6.07, 6.45) is 11.4. The van der Waals surface area contributed by atoms with Gasteiger partial charge in [0.15, 0.2) is 0 Å². The summed E-state index contributed by atoms with van der Waals surface area (Å²) in [7, 11) is 0. The topological polar surface area (TPSA) is 38.3 Å². The van der Waals surface area contributed by atoms with Crippen LogP contribution in [0.25, 0.3) is 0 Å². The Morgan fingerprint density at radius 1 is 1.21 bits per heavy atom. The van der Waals surface area contributed by atoms with Crippen molar-refractivity contribution in [2.45, 2.75) is 69.6 Å². The van der Waals surface area contributed by atoms with E-state index in [2.05, 4.69) is 11.6 Å². The van der Waals surface area contributed by atoms with E-state index in [1.165, 1.54) is 32.1 Å². The van der Waals surface area contributed by atoms with Gasteiger partial charge in [-0.05, 0) is 58.2 Å². The number of rotatable bonds is 9. The molecule has 0 amide bonds. The summed E-state index contributed by atoms with van der Waals surface area (Å²) in [5, 5.41) is 4.55. The molecule has 0 heterocycles. The molecular formula is C15H29NO2S. The first-order valence-electron chi connectivity index (χ1n) is 7.68. The zero-order chi connectivity index (χ0) is 13.9. The van der Waals surface area contributed by atoms with E-state index < -0.39 is 0 Å². The van der Waals surface area contributed by atoms with Gasteiger partial charge < -0.3 is 10.1 Å². The van der Waals surface area contributed by atoms with Gasteiger partial charge in [0, 0.05) is 17.7 Å². The zero-order valence-corrected chi connectivity index (χ0v) is 13.3. The second kappa shape index (κ2) is 10.6. The van der Waals surface area contributed by atoms with E-state index in [0.717, 1.165) is 30.7 Å². The summed E-state index contributed by atoms with van der Waals surface area (Å²) in [5.74, 6) is -0.0501. The van der Waals surface area contributed by atoms with E-state index in [1.54, 1.807) is 0 Å². The summed E-state index contributed by atoms with van der Waals surface area (Å²) >= 11 is 2.02. The lowest BCUT2D eigenvalue weighted by molar-refractivity contribution is -0.143.